The third-order valence-corrected chi connectivity index (χ3v) is 9.49. The van der Waals surface area contributed by atoms with Crippen LogP contribution in [0, 0.1) is 0 Å². The standard InChI is InChI=1S/C36H40Cl2N4O4/c1-43-35-25(21-41-17-3-4-18-41)13-15-31(39-35)45-23-27-9-7-11-29(33(27)37)30-12-8-10-28(34(30)38)24-46-32-16-14-26(36(40-32)44-2)22-42-19-5-6-20-42/h7-16H,3-6,17-24H2,1-2H3. The van der Waals surface area contributed by atoms with Crippen molar-refractivity contribution in [1.29, 1.82) is 0 Å². The number of pyridine rings is 2. The van der Waals surface area contributed by atoms with E-state index >= 15 is 0 Å². The van der Waals surface area contributed by atoms with E-state index in [2.05, 4.69) is 19.8 Å². The second kappa shape index (κ2) is 15.4. The topological polar surface area (TPSA) is 69.2 Å². The van der Waals surface area contributed by atoms with Crippen LogP contribution in [-0.4, -0.2) is 60.2 Å². The van der Waals surface area contributed by atoms with E-state index in [-0.39, 0.29) is 13.2 Å². The molecule has 6 rings (SSSR count). The lowest BCUT2D eigenvalue weighted by Gasteiger charge is -2.17. The molecule has 4 heterocycles. The Morgan fingerprint density at radius 3 is 1.37 bits per heavy atom. The Kier molecular flexibility index (Phi) is 10.8. The summed E-state index contributed by atoms with van der Waals surface area (Å²) < 4.78 is 23.3. The van der Waals surface area contributed by atoms with Gasteiger partial charge in [0.05, 0.1) is 24.3 Å². The van der Waals surface area contributed by atoms with Crippen LogP contribution >= 0.6 is 23.2 Å². The molecule has 2 aliphatic heterocycles. The highest BCUT2D eigenvalue weighted by molar-refractivity contribution is 6.37. The number of rotatable bonds is 13. The largest absolute Gasteiger partial charge is 0.481 e. The van der Waals surface area contributed by atoms with Gasteiger partial charge in [-0.05, 0) is 64.0 Å². The Labute approximate surface area is 281 Å². The zero-order valence-electron chi connectivity index (χ0n) is 26.4. The van der Waals surface area contributed by atoms with Crippen molar-refractivity contribution in [3.05, 3.63) is 93.0 Å². The zero-order chi connectivity index (χ0) is 31.9. The molecular formula is C36H40Cl2N4O4. The highest BCUT2D eigenvalue weighted by Crippen LogP contribution is 2.37. The van der Waals surface area contributed by atoms with Gasteiger partial charge in [-0.3, -0.25) is 9.80 Å². The monoisotopic (exact) mass is 662 g/mol. The first-order valence-corrected chi connectivity index (χ1v) is 16.6. The molecular weight excluding hydrogens is 623 g/mol. The summed E-state index contributed by atoms with van der Waals surface area (Å²) >= 11 is 13.9. The van der Waals surface area contributed by atoms with Crippen LogP contribution in [0.2, 0.25) is 10.0 Å². The van der Waals surface area contributed by atoms with Gasteiger partial charge in [0.2, 0.25) is 23.5 Å². The predicted octanol–water partition coefficient (Wildman–Crippen LogP) is 7.82. The molecule has 2 saturated heterocycles. The minimum atomic E-state index is 0.246. The Morgan fingerprint density at radius 2 is 0.978 bits per heavy atom. The first-order valence-electron chi connectivity index (χ1n) is 15.9. The molecule has 0 atom stereocenters. The van der Waals surface area contributed by atoms with E-state index < -0.39 is 0 Å². The second-order valence-corrected chi connectivity index (χ2v) is 12.5. The minimum absolute atomic E-state index is 0.246. The summed E-state index contributed by atoms with van der Waals surface area (Å²) in [6.07, 6.45) is 4.95. The summed E-state index contributed by atoms with van der Waals surface area (Å²) in [5.74, 6) is 2.13. The molecule has 0 radical (unpaired) electrons. The van der Waals surface area contributed by atoms with Crippen LogP contribution in [0.5, 0.6) is 23.5 Å². The third-order valence-electron chi connectivity index (χ3n) is 8.60. The van der Waals surface area contributed by atoms with Crippen molar-refractivity contribution in [3.63, 3.8) is 0 Å². The van der Waals surface area contributed by atoms with Crippen LogP contribution in [0.3, 0.4) is 0 Å². The number of nitrogens with zero attached hydrogens (tertiary/aromatic N) is 4. The van der Waals surface area contributed by atoms with Crippen LogP contribution in [-0.2, 0) is 26.3 Å². The maximum absolute atomic E-state index is 6.95. The van der Waals surface area contributed by atoms with Gasteiger partial charge < -0.3 is 18.9 Å². The summed E-state index contributed by atoms with van der Waals surface area (Å²) in [5.41, 5.74) is 5.38. The maximum Gasteiger partial charge on any atom is 0.220 e. The lowest BCUT2D eigenvalue weighted by molar-refractivity contribution is 0.282. The third kappa shape index (κ3) is 7.69. The molecule has 2 aromatic heterocycles. The quantitative estimate of drug-likeness (QED) is 0.144. The van der Waals surface area contributed by atoms with Crippen LogP contribution in [0.15, 0.2) is 60.7 Å². The van der Waals surface area contributed by atoms with Gasteiger partial charge in [-0.25, -0.2) is 0 Å². The zero-order valence-corrected chi connectivity index (χ0v) is 27.9. The van der Waals surface area contributed by atoms with Gasteiger partial charge >= 0.3 is 0 Å². The maximum atomic E-state index is 6.95. The van der Waals surface area contributed by atoms with Crippen molar-refractivity contribution in [2.24, 2.45) is 0 Å². The molecule has 242 valence electrons. The summed E-state index contributed by atoms with van der Waals surface area (Å²) in [5, 5.41) is 1.14. The lowest BCUT2D eigenvalue weighted by atomic mass is 10.0. The molecule has 10 heteroatoms. The second-order valence-electron chi connectivity index (χ2n) is 11.7. The van der Waals surface area contributed by atoms with Gasteiger partial charge in [0.25, 0.3) is 0 Å². The molecule has 0 amide bonds. The Morgan fingerprint density at radius 1 is 0.565 bits per heavy atom. The normalized spacial score (nSPS) is 15.3. The number of methoxy groups -OCH3 is 2. The molecule has 0 bridgehead atoms. The summed E-state index contributed by atoms with van der Waals surface area (Å²) in [6.45, 7) is 6.57. The summed E-state index contributed by atoms with van der Waals surface area (Å²) in [6, 6.07) is 19.5. The van der Waals surface area contributed by atoms with Gasteiger partial charge in [-0.1, -0.05) is 59.6 Å². The van der Waals surface area contributed by atoms with Crippen molar-refractivity contribution in [2.75, 3.05) is 40.4 Å². The number of likely N-dealkylation sites (tertiary alicyclic amines) is 2. The number of hydrogen-bond donors (Lipinski definition) is 0. The Bertz CT molecular complexity index is 1520. The van der Waals surface area contributed by atoms with Crippen molar-refractivity contribution < 1.29 is 18.9 Å². The van der Waals surface area contributed by atoms with Crippen molar-refractivity contribution in [3.8, 4) is 34.6 Å². The highest BCUT2D eigenvalue weighted by Gasteiger charge is 2.19. The van der Waals surface area contributed by atoms with Gasteiger partial charge in [0, 0.05) is 58.6 Å². The van der Waals surface area contributed by atoms with Gasteiger partial charge in [-0.2, -0.15) is 9.97 Å². The van der Waals surface area contributed by atoms with E-state index in [0.29, 0.717) is 33.6 Å². The highest BCUT2D eigenvalue weighted by atomic mass is 35.5. The average molecular weight is 664 g/mol. The molecule has 4 aromatic rings. The van der Waals surface area contributed by atoms with E-state index in [1.54, 1.807) is 14.2 Å². The molecule has 2 fully saturated rings. The molecule has 46 heavy (non-hydrogen) atoms. The summed E-state index contributed by atoms with van der Waals surface area (Å²) in [4.78, 5) is 14.0. The SMILES string of the molecule is COc1nc(OCc2cccc(-c3cccc(COc4ccc(CN5CCCC5)c(OC)n4)c3Cl)c2Cl)ccc1CN1CCCC1. The molecule has 2 aromatic carbocycles. The van der Waals surface area contributed by atoms with Crippen LogP contribution in [0.25, 0.3) is 11.1 Å². The molecule has 0 N–H and O–H groups in total. The van der Waals surface area contributed by atoms with Crippen molar-refractivity contribution >= 4 is 23.2 Å². The smallest absolute Gasteiger partial charge is 0.220 e. The molecule has 0 saturated carbocycles. The molecule has 0 spiro atoms. The summed E-state index contributed by atoms with van der Waals surface area (Å²) in [7, 11) is 3.28. The fourth-order valence-electron chi connectivity index (χ4n) is 6.12. The number of halogens is 2. The Balaban J connectivity index is 1.12. The van der Waals surface area contributed by atoms with E-state index in [1.165, 1.54) is 25.7 Å². The number of benzene rings is 2. The van der Waals surface area contributed by atoms with Crippen LogP contribution in [0.4, 0.5) is 0 Å². The lowest BCUT2D eigenvalue weighted by Crippen LogP contribution is -2.19. The van der Waals surface area contributed by atoms with E-state index in [9.17, 15) is 0 Å². The van der Waals surface area contributed by atoms with Gasteiger partial charge in [0.1, 0.15) is 13.2 Å². The number of ether oxygens (including phenoxy) is 4. The fraction of sp³-hybridized carbons (Fsp3) is 0.389. The molecule has 2 aliphatic rings. The van der Waals surface area contributed by atoms with Gasteiger partial charge in [0.15, 0.2) is 0 Å². The minimum Gasteiger partial charge on any atom is -0.481 e. The number of hydrogen-bond acceptors (Lipinski definition) is 8. The van der Waals surface area contributed by atoms with Gasteiger partial charge in [-0.15, -0.1) is 0 Å². The van der Waals surface area contributed by atoms with Crippen molar-refractivity contribution in [1.82, 2.24) is 19.8 Å². The predicted molar refractivity (Wildman–Crippen MR) is 181 cm³/mol. The fourth-order valence-corrected chi connectivity index (χ4v) is 6.69. The van der Waals surface area contributed by atoms with E-state index in [0.717, 1.165) is 72.6 Å². The molecule has 0 aliphatic carbocycles. The van der Waals surface area contributed by atoms with E-state index in [1.807, 2.05) is 60.7 Å². The van der Waals surface area contributed by atoms with Crippen LogP contribution < -0.4 is 18.9 Å². The first kappa shape index (κ1) is 32.4. The average Bonchev–Trinajstić information content (AvgIpc) is 3.80. The van der Waals surface area contributed by atoms with E-state index in [4.69, 9.17) is 42.1 Å². The molecule has 0 unspecified atom stereocenters. The first-order chi connectivity index (χ1) is 22.5. The van der Waals surface area contributed by atoms with Crippen molar-refractivity contribution in [2.45, 2.75) is 52.0 Å². The molecule has 8 nitrogen and oxygen atoms in total. The number of aromatic nitrogens is 2. The van der Waals surface area contributed by atoms with Crippen LogP contribution in [0.1, 0.15) is 47.9 Å². The Hall–Kier alpha value is -3.56.